The summed E-state index contributed by atoms with van der Waals surface area (Å²) in [5.74, 6) is -0.503. The van der Waals surface area contributed by atoms with Crippen LogP contribution in [0.3, 0.4) is 0 Å². The lowest BCUT2D eigenvalue weighted by Gasteiger charge is -2.56. The maximum atomic E-state index is 13.4. The number of para-hydroxylation sites is 1. The molecular formula is C24H26N2O3. The number of hydrogen-bond acceptors (Lipinski definition) is 3. The Balaban J connectivity index is 1.56. The van der Waals surface area contributed by atoms with Gasteiger partial charge in [0.2, 0.25) is 11.8 Å². The summed E-state index contributed by atoms with van der Waals surface area (Å²) in [6.07, 6.45) is 3.85. The Bertz CT molecular complexity index is 1000. The van der Waals surface area contributed by atoms with Gasteiger partial charge in [-0.3, -0.25) is 9.59 Å². The number of ether oxygens (including phenoxy) is 1. The number of aryl methyl sites for hydroxylation is 2. The molecule has 2 fully saturated rings. The average Bonchev–Trinajstić information content (AvgIpc) is 2.69. The topological polar surface area (TPSA) is 67.4 Å². The first kappa shape index (κ1) is 18.2. The molecule has 0 unspecified atom stereocenters. The molecule has 5 rings (SSSR count). The van der Waals surface area contributed by atoms with E-state index in [0.717, 1.165) is 53.8 Å². The largest absolute Gasteiger partial charge is 0.467 e. The maximum Gasteiger partial charge on any atom is 0.237 e. The van der Waals surface area contributed by atoms with E-state index in [1.165, 1.54) is 0 Å². The molecule has 5 heteroatoms. The van der Waals surface area contributed by atoms with Crippen molar-refractivity contribution >= 4 is 17.5 Å². The van der Waals surface area contributed by atoms with Crippen LogP contribution in [0.5, 0.6) is 5.75 Å². The van der Waals surface area contributed by atoms with E-state index in [-0.39, 0.29) is 23.7 Å². The van der Waals surface area contributed by atoms with Gasteiger partial charge in [-0.2, -0.15) is 0 Å². The molecule has 2 aromatic rings. The quantitative estimate of drug-likeness (QED) is 0.760. The predicted octanol–water partition coefficient (Wildman–Crippen LogP) is 4.05. The van der Waals surface area contributed by atoms with Gasteiger partial charge in [0.05, 0.1) is 0 Å². The molecule has 29 heavy (non-hydrogen) atoms. The van der Waals surface area contributed by atoms with Crippen molar-refractivity contribution in [3.8, 4) is 5.75 Å². The fourth-order valence-electron chi connectivity index (χ4n) is 5.43. The van der Waals surface area contributed by atoms with Crippen LogP contribution in [0.25, 0.3) is 0 Å². The summed E-state index contributed by atoms with van der Waals surface area (Å²) >= 11 is 0. The lowest BCUT2D eigenvalue weighted by molar-refractivity contribution is -0.160. The first-order chi connectivity index (χ1) is 14.0. The van der Waals surface area contributed by atoms with Crippen molar-refractivity contribution in [2.75, 3.05) is 5.32 Å². The van der Waals surface area contributed by atoms with Gasteiger partial charge in [-0.1, -0.05) is 36.8 Å². The van der Waals surface area contributed by atoms with Gasteiger partial charge in [0.25, 0.3) is 0 Å². The van der Waals surface area contributed by atoms with Crippen LogP contribution in [0.15, 0.2) is 42.5 Å². The monoisotopic (exact) mass is 390 g/mol. The van der Waals surface area contributed by atoms with Gasteiger partial charge < -0.3 is 15.4 Å². The first-order valence-corrected chi connectivity index (χ1v) is 10.5. The van der Waals surface area contributed by atoms with E-state index in [1.807, 2.05) is 56.3 Å². The van der Waals surface area contributed by atoms with Crippen molar-refractivity contribution in [1.82, 2.24) is 5.32 Å². The highest BCUT2D eigenvalue weighted by atomic mass is 16.5. The molecule has 1 saturated heterocycles. The minimum absolute atomic E-state index is 0.109. The summed E-state index contributed by atoms with van der Waals surface area (Å²) in [6, 6.07) is 13.8. The Labute approximate surface area is 170 Å². The molecule has 2 aliphatic heterocycles. The van der Waals surface area contributed by atoms with E-state index in [1.54, 1.807) is 0 Å². The van der Waals surface area contributed by atoms with Crippen LogP contribution in [-0.4, -0.2) is 17.5 Å². The number of fused-ring (bicyclic) bond motifs is 2. The highest BCUT2D eigenvalue weighted by Gasteiger charge is 2.60. The normalized spacial score (nSPS) is 29.7. The van der Waals surface area contributed by atoms with Crippen molar-refractivity contribution in [2.24, 2.45) is 11.8 Å². The molecule has 1 saturated carbocycles. The van der Waals surface area contributed by atoms with Gasteiger partial charge >= 0.3 is 0 Å². The fourth-order valence-corrected chi connectivity index (χ4v) is 5.43. The van der Waals surface area contributed by atoms with Gasteiger partial charge in [0.1, 0.15) is 11.7 Å². The maximum absolute atomic E-state index is 13.4. The summed E-state index contributed by atoms with van der Waals surface area (Å²) in [4.78, 5) is 26.6. The number of amides is 2. The highest BCUT2D eigenvalue weighted by molar-refractivity contribution is 6.08. The van der Waals surface area contributed by atoms with E-state index in [0.29, 0.717) is 0 Å². The van der Waals surface area contributed by atoms with E-state index < -0.39 is 11.6 Å². The van der Waals surface area contributed by atoms with Gasteiger partial charge in [-0.25, -0.2) is 0 Å². The second-order valence-corrected chi connectivity index (χ2v) is 8.68. The third-order valence-corrected chi connectivity index (χ3v) is 6.83. The smallest absolute Gasteiger partial charge is 0.237 e. The number of rotatable bonds is 2. The standard InChI is InChI=1S/C24H26N2O3/c1-14-10-11-15(2)18(13-14)25-22(27)21-20-16-7-3-4-9-19(16)29-24(26-23(21)28)12-6-5-8-17(20)24/h3-4,7,9-11,13,17,20-21H,5-6,8,12H2,1-2H3,(H,25,27)(H,26,28)/t17-,20-,21-,24-/m0/s1. The zero-order valence-electron chi connectivity index (χ0n) is 16.8. The number of carbonyl (C=O) groups excluding carboxylic acids is 2. The van der Waals surface area contributed by atoms with Crippen LogP contribution in [0.2, 0.25) is 0 Å². The molecule has 1 aliphatic carbocycles. The van der Waals surface area contributed by atoms with Crippen LogP contribution in [0.1, 0.15) is 48.3 Å². The minimum Gasteiger partial charge on any atom is -0.467 e. The summed E-state index contributed by atoms with van der Waals surface area (Å²) in [5, 5.41) is 6.16. The molecule has 2 aromatic carbocycles. The van der Waals surface area contributed by atoms with E-state index in [9.17, 15) is 9.59 Å². The van der Waals surface area contributed by atoms with Crippen LogP contribution < -0.4 is 15.4 Å². The van der Waals surface area contributed by atoms with E-state index >= 15 is 0 Å². The molecule has 0 radical (unpaired) electrons. The molecule has 2 bridgehead atoms. The fraction of sp³-hybridized carbons (Fsp3) is 0.417. The highest BCUT2D eigenvalue weighted by Crippen LogP contribution is 2.55. The van der Waals surface area contributed by atoms with Crippen molar-refractivity contribution in [3.05, 3.63) is 59.2 Å². The van der Waals surface area contributed by atoms with E-state index in [2.05, 4.69) is 10.6 Å². The molecule has 2 N–H and O–H groups in total. The van der Waals surface area contributed by atoms with Gasteiger partial charge in [0.15, 0.2) is 5.72 Å². The number of carbonyl (C=O) groups is 2. The van der Waals surface area contributed by atoms with Crippen LogP contribution in [0, 0.1) is 25.7 Å². The van der Waals surface area contributed by atoms with E-state index in [4.69, 9.17) is 4.74 Å². The summed E-state index contributed by atoms with van der Waals surface area (Å²) < 4.78 is 6.38. The predicted molar refractivity (Wildman–Crippen MR) is 111 cm³/mol. The SMILES string of the molecule is Cc1ccc(C)c(NC(=O)[C@H]2C(=O)N[C@]34CCCC[C@H]3[C@@H]2c2ccccc2O4)c1. The zero-order chi connectivity index (χ0) is 20.2. The Hall–Kier alpha value is -2.82. The summed E-state index contributed by atoms with van der Waals surface area (Å²) in [5.41, 5.74) is 3.13. The number of benzene rings is 2. The Morgan fingerprint density at radius 3 is 2.86 bits per heavy atom. The van der Waals surface area contributed by atoms with Crippen LogP contribution in [-0.2, 0) is 9.59 Å². The zero-order valence-corrected chi connectivity index (χ0v) is 16.8. The number of hydrogen-bond donors (Lipinski definition) is 2. The Morgan fingerprint density at radius 2 is 2.00 bits per heavy atom. The Kier molecular flexibility index (Phi) is 4.16. The third-order valence-electron chi connectivity index (χ3n) is 6.83. The van der Waals surface area contributed by atoms with Gasteiger partial charge in [-0.05, 0) is 55.5 Å². The van der Waals surface area contributed by atoms with Crippen molar-refractivity contribution < 1.29 is 14.3 Å². The molecule has 0 aromatic heterocycles. The second kappa shape index (κ2) is 6.61. The van der Waals surface area contributed by atoms with Crippen molar-refractivity contribution in [2.45, 2.75) is 51.2 Å². The molecule has 150 valence electrons. The van der Waals surface area contributed by atoms with Gasteiger partial charge in [-0.15, -0.1) is 0 Å². The Morgan fingerprint density at radius 1 is 1.17 bits per heavy atom. The molecule has 3 aliphatic rings. The first-order valence-electron chi connectivity index (χ1n) is 10.5. The van der Waals surface area contributed by atoms with Crippen LogP contribution in [0.4, 0.5) is 5.69 Å². The molecule has 2 amide bonds. The second-order valence-electron chi connectivity index (χ2n) is 8.68. The molecule has 5 nitrogen and oxygen atoms in total. The molecular weight excluding hydrogens is 364 g/mol. The van der Waals surface area contributed by atoms with Gasteiger partial charge in [0, 0.05) is 23.9 Å². The molecule has 0 spiro atoms. The lowest BCUT2D eigenvalue weighted by Crippen LogP contribution is -2.69. The summed E-state index contributed by atoms with van der Waals surface area (Å²) in [7, 11) is 0. The van der Waals surface area contributed by atoms with Crippen LogP contribution >= 0.6 is 0 Å². The minimum atomic E-state index is -0.767. The van der Waals surface area contributed by atoms with Crippen molar-refractivity contribution in [3.63, 3.8) is 0 Å². The van der Waals surface area contributed by atoms with Crippen molar-refractivity contribution in [1.29, 1.82) is 0 Å². The lowest BCUT2D eigenvalue weighted by atomic mass is 9.62. The third kappa shape index (κ3) is 2.83. The molecule has 2 heterocycles. The number of anilines is 1. The average molecular weight is 390 g/mol. The number of nitrogens with one attached hydrogen (secondary N) is 2. The summed E-state index contributed by atoms with van der Waals surface area (Å²) in [6.45, 7) is 3.96. The molecule has 4 atom stereocenters. The number of piperidine rings is 1.